The predicted molar refractivity (Wildman–Crippen MR) is 182 cm³/mol. The molecule has 0 aliphatic heterocycles. The van der Waals surface area contributed by atoms with Crippen molar-refractivity contribution in [1.82, 2.24) is 19.1 Å². The van der Waals surface area contributed by atoms with Gasteiger partial charge in [-0.1, -0.05) is 97.1 Å². The molecule has 0 aliphatic carbocycles. The molecule has 0 aliphatic rings. The molecular formula is C40H26N4. The van der Waals surface area contributed by atoms with Crippen molar-refractivity contribution in [2.75, 3.05) is 0 Å². The monoisotopic (exact) mass is 562 g/mol. The lowest BCUT2D eigenvalue weighted by molar-refractivity contribution is 1.16. The number of rotatable bonds is 4. The van der Waals surface area contributed by atoms with Crippen molar-refractivity contribution in [3.8, 4) is 33.9 Å². The van der Waals surface area contributed by atoms with Crippen LogP contribution in [0, 0.1) is 0 Å². The van der Waals surface area contributed by atoms with Crippen LogP contribution in [0.3, 0.4) is 0 Å². The van der Waals surface area contributed by atoms with E-state index in [0.29, 0.717) is 0 Å². The zero-order valence-corrected chi connectivity index (χ0v) is 23.8. The molecule has 0 spiro atoms. The molecule has 0 saturated heterocycles. The fourth-order valence-corrected chi connectivity index (χ4v) is 6.64. The van der Waals surface area contributed by atoms with Crippen LogP contribution in [0.2, 0.25) is 0 Å². The van der Waals surface area contributed by atoms with E-state index < -0.39 is 0 Å². The Kier molecular flexibility index (Phi) is 5.47. The number of benzene rings is 6. The second kappa shape index (κ2) is 9.79. The van der Waals surface area contributed by atoms with Crippen LogP contribution in [0.1, 0.15) is 0 Å². The lowest BCUT2D eigenvalue weighted by atomic mass is 10.1. The Hall–Kier alpha value is -6.00. The molecule has 0 radical (unpaired) electrons. The van der Waals surface area contributed by atoms with E-state index in [2.05, 4.69) is 171 Å². The summed E-state index contributed by atoms with van der Waals surface area (Å²) in [5.74, 6) is 0. The lowest BCUT2D eigenvalue weighted by Gasteiger charge is -2.10. The molecule has 4 nitrogen and oxygen atoms in total. The van der Waals surface area contributed by atoms with E-state index in [1.54, 1.807) is 6.33 Å². The molecule has 206 valence electrons. The quantitative estimate of drug-likeness (QED) is 0.214. The third-order valence-corrected chi connectivity index (χ3v) is 8.67. The number of fused-ring (bicyclic) bond motifs is 6. The van der Waals surface area contributed by atoms with Crippen molar-refractivity contribution in [2.24, 2.45) is 0 Å². The first-order chi connectivity index (χ1) is 21.8. The smallest absolute Gasteiger partial charge is 0.116 e. The molecule has 0 amide bonds. The summed E-state index contributed by atoms with van der Waals surface area (Å²) in [5, 5.41) is 5.04. The Morgan fingerprint density at radius 2 is 0.659 bits per heavy atom. The van der Waals surface area contributed by atoms with Crippen molar-refractivity contribution in [3.63, 3.8) is 0 Å². The second-order valence-corrected chi connectivity index (χ2v) is 11.1. The van der Waals surface area contributed by atoms with Gasteiger partial charge in [0.1, 0.15) is 6.33 Å². The van der Waals surface area contributed by atoms with Gasteiger partial charge < -0.3 is 9.13 Å². The van der Waals surface area contributed by atoms with E-state index >= 15 is 0 Å². The largest absolute Gasteiger partial charge is 0.309 e. The fraction of sp³-hybridized carbons (Fsp3) is 0. The highest BCUT2D eigenvalue weighted by molar-refractivity contribution is 6.10. The van der Waals surface area contributed by atoms with Gasteiger partial charge in [0.2, 0.25) is 0 Å². The van der Waals surface area contributed by atoms with Gasteiger partial charge in [0.15, 0.2) is 0 Å². The minimum Gasteiger partial charge on any atom is -0.309 e. The molecule has 3 aromatic heterocycles. The van der Waals surface area contributed by atoms with Crippen LogP contribution in [-0.4, -0.2) is 19.1 Å². The van der Waals surface area contributed by atoms with Gasteiger partial charge >= 0.3 is 0 Å². The molecule has 0 saturated carbocycles. The Morgan fingerprint density at radius 3 is 1.00 bits per heavy atom. The maximum atomic E-state index is 4.63. The van der Waals surface area contributed by atoms with E-state index in [9.17, 15) is 0 Å². The second-order valence-electron chi connectivity index (χ2n) is 11.1. The molecule has 9 aromatic rings. The molecule has 4 heteroatoms. The predicted octanol–water partition coefficient (Wildman–Crippen LogP) is 10.0. The first-order valence-corrected chi connectivity index (χ1v) is 14.8. The summed E-state index contributed by atoms with van der Waals surface area (Å²) in [6.45, 7) is 0. The molecule has 0 fully saturated rings. The van der Waals surface area contributed by atoms with E-state index in [-0.39, 0.29) is 0 Å². The van der Waals surface area contributed by atoms with Crippen LogP contribution in [0.5, 0.6) is 0 Å². The molecule has 0 unspecified atom stereocenters. The first-order valence-electron chi connectivity index (χ1n) is 14.8. The van der Waals surface area contributed by atoms with Gasteiger partial charge in [0, 0.05) is 44.0 Å². The van der Waals surface area contributed by atoms with Crippen LogP contribution >= 0.6 is 0 Å². The van der Waals surface area contributed by atoms with Crippen molar-refractivity contribution in [2.45, 2.75) is 0 Å². The van der Waals surface area contributed by atoms with Crippen LogP contribution in [-0.2, 0) is 0 Å². The van der Waals surface area contributed by atoms with Crippen LogP contribution in [0.15, 0.2) is 158 Å². The first kappa shape index (κ1) is 24.6. The van der Waals surface area contributed by atoms with Gasteiger partial charge in [-0.25, -0.2) is 9.97 Å². The minimum atomic E-state index is 0.898. The SMILES string of the molecule is c1ccc2c(c1)c1ccccc1n2-c1ccc(-c2cc(-c3ccc(-n4c5ccccc5c5ccccc54)cc3)ncn2)cc1. The maximum Gasteiger partial charge on any atom is 0.116 e. The van der Waals surface area contributed by atoms with Gasteiger partial charge in [0.25, 0.3) is 0 Å². The Bertz CT molecular complexity index is 2200. The molecule has 9 rings (SSSR count). The third-order valence-electron chi connectivity index (χ3n) is 8.67. The standard InChI is InChI=1S/C40H26N4/c1-5-13-37-31(9-1)32-10-2-6-14-38(32)43(37)29-21-17-27(18-22-29)35-25-36(42-26-41-35)28-19-23-30(24-20-28)44-39-15-7-3-11-33(39)34-12-4-8-16-40(34)44/h1-26H. The number of aromatic nitrogens is 4. The highest BCUT2D eigenvalue weighted by Gasteiger charge is 2.13. The summed E-state index contributed by atoms with van der Waals surface area (Å²) in [5.41, 5.74) is 11.0. The molecule has 6 aromatic carbocycles. The third kappa shape index (κ3) is 3.78. The van der Waals surface area contributed by atoms with Crippen molar-refractivity contribution >= 4 is 43.6 Å². The number of para-hydroxylation sites is 4. The average Bonchev–Trinajstić information content (AvgIpc) is 3.62. The fourth-order valence-electron chi connectivity index (χ4n) is 6.64. The molecule has 3 heterocycles. The van der Waals surface area contributed by atoms with Gasteiger partial charge in [-0.3, -0.25) is 0 Å². The zero-order chi connectivity index (χ0) is 29.0. The summed E-state index contributed by atoms with van der Waals surface area (Å²) in [6, 6.07) is 53.7. The highest BCUT2D eigenvalue weighted by Crippen LogP contribution is 2.34. The minimum absolute atomic E-state index is 0.898. The summed E-state index contributed by atoms with van der Waals surface area (Å²) >= 11 is 0. The summed E-state index contributed by atoms with van der Waals surface area (Å²) in [7, 11) is 0. The maximum absolute atomic E-state index is 4.63. The molecular weight excluding hydrogens is 536 g/mol. The van der Waals surface area contributed by atoms with Crippen LogP contribution in [0.4, 0.5) is 0 Å². The molecule has 44 heavy (non-hydrogen) atoms. The lowest BCUT2D eigenvalue weighted by Crippen LogP contribution is -1.95. The molecule has 0 N–H and O–H groups in total. The van der Waals surface area contributed by atoms with Crippen molar-refractivity contribution in [1.29, 1.82) is 0 Å². The Balaban J connectivity index is 1.06. The normalized spacial score (nSPS) is 11.6. The van der Waals surface area contributed by atoms with Crippen LogP contribution < -0.4 is 0 Å². The van der Waals surface area contributed by atoms with Gasteiger partial charge in [0.05, 0.1) is 33.5 Å². The molecule has 0 atom stereocenters. The highest BCUT2D eigenvalue weighted by atomic mass is 15.0. The summed E-state index contributed by atoms with van der Waals surface area (Å²) in [4.78, 5) is 9.26. The van der Waals surface area contributed by atoms with Crippen molar-refractivity contribution < 1.29 is 0 Å². The van der Waals surface area contributed by atoms with Gasteiger partial charge in [-0.2, -0.15) is 0 Å². The van der Waals surface area contributed by atoms with Crippen molar-refractivity contribution in [3.05, 3.63) is 158 Å². The van der Waals surface area contributed by atoms with E-state index in [1.165, 1.54) is 43.6 Å². The summed E-state index contributed by atoms with van der Waals surface area (Å²) in [6.07, 6.45) is 1.66. The number of nitrogens with zero attached hydrogens (tertiary/aromatic N) is 4. The van der Waals surface area contributed by atoms with E-state index in [0.717, 1.165) is 33.9 Å². The van der Waals surface area contributed by atoms with Gasteiger partial charge in [-0.15, -0.1) is 0 Å². The summed E-state index contributed by atoms with van der Waals surface area (Å²) < 4.78 is 4.66. The topological polar surface area (TPSA) is 35.6 Å². The van der Waals surface area contributed by atoms with Gasteiger partial charge in [-0.05, 0) is 54.6 Å². The number of hydrogen-bond acceptors (Lipinski definition) is 2. The Morgan fingerprint density at radius 1 is 0.341 bits per heavy atom. The average molecular weight is 563 g/mol. The number of hydrogen-bond donors (Lipinski definition) is 0. The van der Waals surface area contributed by atoms with Crippen LogP contribution in [0.25, 0.3) is 77.5 Å². The van der Waals surface area contributed by atoms with E-state index in [4.69, 9.17) is 0 Å². The van der Waals surface area contributed by atoms with E-state index in [1.807, 2.05) is 0 Å². The molecule has 0 bridgehead atoms. The Labute approximate surface area is 254 Å². The zero-order valence-electron chi connectivity index (χ0n) is 23.8.